The Morgan fingerprint density at radius 2 is 2.14 bits per heavy atom. The molecule has 0 N–H and O–H groups in total. The number of rotatable bonds is 2. The van der Waals surface area contributed by atoms with Crippen LogP contribution in [0.4, 0.5) is 0 Å². The van der Waals surface area contributed by atoms with Crippen molar-refractivity contribution in [3.05, 3.63) is 48.0 Å². The number of para-hydroxylation sites is 1. The monoisotopic (exact) mass is 414 g/mol. The Balaban J connectivity index is 0.00000176. The molecule has 1 aliphatic heterocycles. The maximum Gasteiger partial charge on any atom is 0.382 e. The summed E-state index contributed by atoms with van der Waals surface area (Å²) in [6.07, 6.45) is 4.62. The van der Waals surface area contributed by atoms with Crippen molar-refractivity contribution >= 4 is 5.97 Å². The highest BCUT2D eigenvalue weighted by Gasteiger charge is 2.34. The molecule has 0 radical (unpaired) electrons. The molecule has 3 rings (SSSR count). The van der Waals surface area contributed by atoms with Crippen LogP contribution >= 0.6 is 0 Å². The van der Waals surface area contributed by atoms with E-state index < -0.39 is 0 Å². The van der Waals surface area contributed by atoms with Crippen LogP contribution in [0.25, 0.3) is 0 Å². The molecule has 0 amide bonds. The van der Waals surface area contributed by atoms with Crippen molar-refractivity contribution in [2.24, 2.45) is 7.05 Å². The van der Waals surface area contributed by atoms with Gasteiger partial charge < -0.3 is 33.5 Å². The molecule has 6 heteroatoms. The number of carbonyl (C=O) groups is 1. The second kappa shape index (κ2) is 6.68. The first-order valence-electron chi connectivity index (χ1n) is 7.01. The first-order valence-corrected chi connectivity index (χ1v) is 7.01. The maximum absolute atomic E-state index is 12.0. The summed E-state index contributed by atoms with van der Waals surface area (Å²) in [7, 11) is 3.30. The van der Waals surface area contributed by atoms with Crippen molar-refractivity contribution in [2.75, 3.05) is 7.11 Å². The minimum Gasteiger partial charge on any atom is -1.00 e. The van der Waals surface area contributed by atoms with Crippen molar-refractivity contribution in [1.82, 2.24) is 4.57 Å². The van der Waals surface area contributed by atoms with Gasteiger partial charge in [0, 0.05) is 12.0 Å². The predicted octanol–water partition coefficient (Wildman–Crippen LogP) is -1.14. The summed E-state index contributed by atoms with van der Waals surface area (Å²) < 4.78 is 14.6. The fourth-order valence-electron chi connectivity index (χ4n) is 2.90. The minimum atomic E-state index is -0.327. The number of aromatic nitrogens is 2. The van der Waals surface area contributed by atoms with E-state index in [-0.39, 0.29) is 42.1 Å². The first-order chi connectivity index (χ1) is 10.1. The van der Waals surface area contributed by atoms with E-state index in [4.69, 9.17) is 9.47 Å². The van der Waals surface area contributed by atoms with Crippen molar-refractivity contribution in [1.29, 1.82) is 0 Å². The molecule has 0 fully saturated rings. The van der Waals surface area contributed by atoms with Gasteiger partial charge in [-0.3, -0.25) is 0 Å². The van der Waals surface area contributed by atoms with E-state index in [1.54, 1.807) is 6.20 Å². The van der Waals surface area contributed by atoms with E-state index >= 15 is 0 Å². The Labute approximate surface area is 146 Å². The van der Waals surface area contributed by atoms with Gasteiger partial charge in [0.15, 0.2) is 0 Å². The number of hydrogen-bond acceptors (Lipinski definition) is 3. The quantitative estimate of drug-likeness (QED) is 0.355. The first kappa shape index (κ1) is 16.8. The minimum absolute atomic E-state index is 0. The smallest absolute Gasteiger partial charge is 0.382 e. The van der Waals surface area contributed by atoms with Gasteiger partial charge in [-0.25, -0.2) is 13.9 Å². The Hall–Kier alpha value is -1.57. The fraction of sp³-hybridized carbons (Fsp3) is 0.375. The molecule has 118 valence electrons. The number of nitrogens with zero attached hydrogens (tertiary/aromatic N) is 2. The molecule has 0 bridgehead atoms. The van der Waals surface area contributed by atoms with Gasteiger partial charge in [-0.05, 0) is 13.0 Å². The summed E-state index contributed by atoms with van der Waals surface area (Å²) in [5, 5.41) is 0. The normalized spacial score (nSPS) is 19.6. The molecule has 2 heterocycles. The van der Waals surface area contributed by atoms with Crippen LogP contribution in [0.5, 0.6) is 5.75 Å². The molecule has 5 nitrogen and oxygen atoms in total. The summed E-state index contributed by atoms with van der Waals surface area (Å²) in [6, 6.07) is 8.05. The lowest BCUT2D eigenvalue weighted by Crippen LogP contribution is -3.00. The standard InChI is InChI=1S/C16H19N2O3.HI/c1-11-8-13(12-6-4-5-7-15(12)21-11)18-10-17(2)9-14(18)16(19)20-3;/h4-7,9-11,13H,8H2,1-3H3;1H/q+1;/p-1/t11-,13-;/m0./s1. The number of fused-ring (bicyclic) bond motifs is 1. The number of aryl methyl sites for hydroxylation is 1. The van der Waals surface area contributed by atoms with Crippen LogP contribution in [0, 0.1) is 0 Å². The molecular weight excluding hydrogens is 395 g/mol. The molecule has 0 aliphatic carbocycles. The van der Waals surface area contributed by atoms with Gasteiger partial charge in [0.1, 0.15) is 24.1 Å². The number of methoxy groups -OCH3 is 1. The van der Waals surface area contributed by atoms with E-state index in [9.17, 15) is 4.79 Å². The van der Waals surface area contributed by atoms with Gasteiger partial charge >= 0.3 is 5.97 Å². The van der Waals surface area contributed by atoms with E-state index in [1.165, 1.54) is 7.11 Å². The van der Waals surface area contributed by atoms with Crippen molar-refractivity contribution < 1.29 is 42.8 Å². The molecular formula is C16H19IN2O3. The highest BCUT2D eigenvalue weighted by Crippen LogP contribution is 2.37. The van der Waals surface area contributed by atoms with Crippen LogP contribution in [-0.4, -0.2) is 23.8 Å². The second-order valence-electron chi connectivity index (χ2n) is 5.41. The van der Waals surface area contributed by atoms with E-state index in [2.05, 4.69) is 0 Å². The average Bonchev–Trinajstić information content (AvgIpc) is 2.87. The molecule has 1 aromatic heterocycles. The number of hydrogen-bond donors (Lipinski definition) is 0. The number of imidazole rings is 1. The van der Waals surface area contributed by atoms with Crippen molar-refractivity contribution in [3.63, 3.8) is 0 Å². The van der Waals surface area contributed by atoms with E-state index in [0.29, 0.717) is 5.69 Å². The van der Waals surface area contributed by atoms with Crippen molar-refractivity contribution in [2.45, 2.75) is 25.5 Å². The molecule has 0 saturated carbocycles. The molecule has 0 unspecified atom stereocenters. The lowest BCUT2D eigenvalue weighted by molar-refractivity contribution is -0.671. The number of halogens is 1. The molecule has 0 saturated heterocycles. The Bertz CT molecular complexity index is 684. The Morgan fingerprint density at radius 3 is 2.86 bits per heavy atom. The topological polar surface area (TPSA) is 44.3 Å². The fourth-order valence-corrected chi connectivity index (χ4v) is 2.90. The van der Waals surface area contributed by atoms with Gasteiger partial charge in [0.25, 0.3) is 5.69 Å². The Morgan fingerprint density at radius 1 is 1.41 bits per heavy atom. The van der Waals surface area contributed by atoms with Gasteiger partial charge in [-0.2, -0.15) is 0 Å². The predicted molar refractivity (Wildman–Crippen MR) is 76.2 cm³/mol. The zero-order valence-electron chi connectivity index (χ0n) is 12.8. The number of ether oxygens (including phenoxy) is 2. The van der Waals surface area contributed by atoms with Crippen LogP contribution in [0.2, 0.25) is 0 Å². The second-order valence-corrected chi connectivity index (χ2v) is 5.41. The lowest BCUT2D eigenvalue weighted by atomic mass is 9.96. The van der Waals surface area contributed by atoms with Crippen LogP contribution < -0.4 is 33.3 Å². The maximum atomic E-state index is 12.0. The molecule has 1 aliphatic rings. The van der Waals surface area contributed by atoms with Gasteiger partial charge in [-0.1, -0.05) is 18.2 Å². The molecule has 1 aromatic carbocycles. The molecule has 22 heavy (non-hydrogen) atoms. The van der Waals surface area contributed by atoms with E-state index in [1.807, 2.05) is 53.7 Å². The highest BCUT2D eigenvalue weighted by atomic mass is 127. The number of esters is 1. The van der Waals surface area contributed by atoms with Gasteiger partial charge in [-0.15, -0.1) is 0 Å². The largest absolute Gasteiger partial charge is 1.00 e. The average molecular weight is 414 g/mol. The molecule has 2 atom stereocenters. The number of benzene rings is 1. The van der Waals surface area contributed by atoms with Crippen LogP contribution in [-0.2, 0) is 11.8 Å². The van der Waals surface area contributed by atoms with Crippen LogP contribution in [0.15, 0.2) is 36.8 Å². The number of carbonyl (C=O) groups excluding carboxylic acids is 1. The van der Waals surface area contributed by atoms with Crippen molar-refractivity contribution in [3.8, 4) is 5.75 Å². The summed E-state index contributed by atoms with van der Waals surface area (Å²) in [6.45, 7) is 2.05. The van der Waals surface area contributed by atoms with Crippen LogP contribution in [0.3, 0.4) is 0 Å². The lowest BCUT2D eigenvalue weighted by Gasteiger charge is -2.28. The van der Waals surface area contributed by atoms with Gasteiger partial charge in [0.05, 0.1) is 14.2 Å². The SMILES string of the molecule is COC(=O)c1c[n+](C)cn1[C@H]1C[C@H](C)Oc2ccccc21.[I-]. The molecule has 2 aromatic rings. The zero-order valence-corrected chi connectivity index (χ0v) is 15.0. The molecule has 0 spiro atoms. The van der Waals surface area contributed by atoms with Crippen LogP contribution in [0.1, 0.15) is 35.4 Å². The third kappa shape index (κ3) is 2.97. The third-order valence-corrected chi connectivity index (χ3v) is 3.80. The summed E-state index contributed by atoms with van der Waals surface area (Å²) in [5.74, 6) is 0.556. The summed E-state index contributed by atoms with van der Waals surface area (Å²) >= 11 is 0. The highest BCUT2D eigenvalue weighted by molar-refractivity contribution is 5.87. The Kier molecular flexibility index (Phi) is 5.10. The summed E-state index contributed by atoms with van der Waals surface area (Å²) in [4.78, 5) is 12.0. The van der Waals surface area contributed by atoms with Gasteiger partial charge in [0.2, 0.25) is 6.33 Å². The third-order valence-electron chi connectivity index (χ3n) is 3.80. The summed E-state index contributed by atoms with van der Waals surface area (Å²) in [5.41, 5.74) is 1.64. The zero-order chi connectivity index (χ0) is 15.0. The van der Waals surface area contributed by atoms with E-state index in [0.717, 1.165) is 17.7 Å².